The van der Waals surface area contributed by atoms with Crippen molar-refractivity contribution in [3.63, 3.8) is 0 Å². The third-order valence-corrected chi connectivity index (χ3v) is 20.6. The third kappa shape index (κ3) is 11.0. The molecule has 1 heterocycles. The van der Waals surface area contributed by atoms with Gasteiger partial charge in [0.05, 0.1) is 11.0 Å². The van der Waals surface area contributed by atoms with Crippen LogP contribution < -0.4 is 14.7 Å². The number of rotatable bonds is 13. The largest absolute Gasteiger partial charge is 0.311 e. The molecular formula is C96H74N4. The van der Waals surface area contributed by atoms with Crippen molar-refractivity contribution in [3.05, 3.63) is 398 Å². The lowest BCUT2D eigenvalue weighted by Gasteiger charge is -2.28. The van der Waals surface area contributed by atoms with Gasteiger partial charge in [0.25, 0.3) is 0 Å². The van der Waals surface area contributed by atoms with Crippen LogP contribution in [0.5, 0.6) is 0 Å². The quantitative estimate of drug-likeness (QED) is 0.114. The summed E-state index contributed by atoms with van der Waals surface area (Å²) in [7, 11) is 0. The van der Waals surface area contributed by atoms with Crippen molar-refractivity contribution in [2.75, 3.05) is 14.7 Å². The highest BCUT2D eigenvalue weighted by atomic mass is 15.2. The van der Waals surface area contributed by atoms with E-state index in [4.69, 9.17) is 0 Å². The van der Waals surface area contributed by atoms with Crippen LogP contribution in [0.2, 0.25) is 0 Å². The van der Waals surface area contributed by atoms with Crippen molar-refractivity contribution in [3.8, 4) is 61.3 Å². The number of hydrogen-bond acceptors (Lipinski definition) is 3. The average molecular weight is 1280 g/mol. The van der Waals surface area contributed by atoms with Crippen LogP contribution in [0.4, 0.5) is 51.2 Å². The second-order valence-corrected chi connectivity index (χ2v) is 27.3. The third-order valence-electron chi connectivity index (χ3n) is 20.6. The van der Waals surface area contributed by atoms with Crippen LogP contribution in [0, 0.1) is 0 Å². The fourth-order valence-electron chi connectivity index (χ4n) is 15.6. The van der Waals surface area contributed by atoms with E-state index in [1.807, 2.05) is 0 Å². The predicted octanol–water partition coefficient (Wildman–Crippen LogP) is 26.5. The molecule has 0 radical (unpaired) electrons. The molecule has 0 saturated carbocycles. The van der Waals surface area contributed by atoms with E-state index >= 15 is 0 Å². The standard InChI is InChI=1S/C51H40N2.C45H34N2/c1-51(2)49-24-13-12-23-47(49)48-34-33-46(36-50(48)51)53(45-22-14-17-40(35-45)37-15-6-3-7-16-37)44-31-27-39(28-32-44)38-25-29-43(30-26-38)52(41-18-8-4-9-19-41)42-20-10-5-11-21-42;1-45(2)41-19-11-9-17-37(41)38-27-26-36(30-42(38)45)46(33-13-5-3-6-14-33)35-24-21-31(22-25-35)32-23-28-44-40(29-32)39-18-10-12-20-43(39)47(44)34-15-7-4-8-16-34/h3-36H,1-2H3;3-30H,1-2H3. The van der Waals surface area contributed by atoms with E-state index < -0.39 is 0 Å². The molecule has 0 saturated heterocycles. The fourth-order valence-corrected chi connectivity index (χ4v) is 15.6. The van der Waals surface area contributed by atoms with Gasteiger partial charge in [0.1, 0.15) is 0 Å². The molecule has 2 aliphatic carbocycles. The number of anilines is 9. The maximum atomic E-state index is 2.41. The van der Waals surface area contributed by atoms with Crippen molar-refractivity contribution in [1.82, 2.24) is 4.57 Å². The summed E-state index contributed by atoms with van der Waals surface area (Å²) >= 11 is 0. The Kier molecular flexibility index (Phi) is 15.6. The summed E-state index contributed by atoms with van der Waals surface area (Å²) in [5, 5.41) is 2.53. The van der Waals surface area contributed by atoms with Crippen LogP contribution >= 0.6 is 0 Å². The average Bonchev–Trinajstić information content (AvgIpc) is 1.60. The van der Waals surface area contributed by atoms with Crippen molar-refractivity contribution in [2.45, 2.75) is 38.5 Å². The van der Waals surface area contributed by atoms with Crippen molar-refractivity contribution in [1.29, 1.82) is 0 Å². The first-order chi connectivity index (χ1) is 49.1. The van der Waals surface area contributed by atoms with Gasteiger partial charge in [-0.15, -0.1) is 0 Å². The molecule has 478 valence electrons. The van der Waals surface area contributed by atoms with E-state index in [0.717, 1.165) is 45.5 Å². The molecule has 0 spiro atoms. The minimum Gasteiger partial charge on any atom is -0.311 e. The number of nitrogens with zero attached hydrogens (tertiary/aromatic N) is 4. The molecule has 0 unspecified atom stereocenters. The number of fused-ring (bicyclic) bond motifs is 9. The highest BCUT2D eigenvalue weighted by molar-refractivity contribution is 6.10. The highest BCUT2D eigenvalue weighted by Crippen LogP contribution is 2.53. The van der Waals surface area contributed by atoms with Gasteiger partial charge in [-0.2, -0.15) is 0 Å². The summed E-state index contributed by atoms with van der Waals surface area (Å²) in [4.78, 5) is 7.07. The Morgan fingerprint density at radius 3 is 1.01 bits per heavy atom. The predicted molar refractivity (Wildman–Crippen MR) is 423 cm³/mol. The molecule has 0 atom stereocenters. The zero-order chi connectivity index (χ0) is 67.3. The fraction of sp³-hybridized carbons (Fsp3) is 0.0625. The van der Waals surface area contributed by atoms with Crippen LogP contribution in [0.25, 0.3) is 83.1 Å². The van der Waals surface area contributed by atoms with E-state index in [2.05, 4.69) is 423 Å². The lowest BCUT2D eigenvalue weighted by atomic mass is 9.82. The van der Waals surface area contributed by atoms with Crippen LogP contribution in [-0.2, 0) is 10.8 Å². The van der Waals surface area contributed by atoms with Gasteiger partial charge in [-0.3, -0.25) is 0 Å². The lowest BCUT2D eigenvalue weighted by molar-refractivity contribution is 0.660. The second-order valence-electron chi connectivity index (χ2n) is 27.3. The Hall–Kier alpha value is -12.5. The molecule has 2 aliphatic rings. The van der Waals surface area contributed by atoms with Crippen molar-refractivity contribution >= 4 is 73.0 Å². The molecule has 18 rings (SSSR count). The number of para-hydroxylation sites is 5. The first kappa shape index (κ1) is 61.1. The van der Waals surface area contributed by atoms with Gasteiger partial charge >= 0.3 is 0 Å². The monoisotopic (exact) mass is 1280 g/mol. The van der Waals surface area contributed by atoms with Gasteiger partial charge in [-0.1, -0.05) is 264 Å². The summed E-state index contributed by atoms with van der Waals surface area (Å²) in [6.45, 7) is 9.38. The highest BCUT2D eigenvalue weighted by Gasteiger charge is 2.37. The van der Waals surface area contributed by atoms with E-state index in [0.29, 0.717) is 0 Å². The number of benzene rings is 15. The van der Waals surface area contributed by atoms with Crippen LogP contribution in [0.15, 0.2) is 376 Å². The first-order valence-corrected chi connectivity index (χ1v) is 34.7. The molecule has 1 aromatic heterocycles. The molecule has 0 amide bonds. The van der Waals surface area contributed by atoms with Crippen LogP contribution in [0.1, 0.15) is 49.9 Å². The zero-order valence-electron chi connectivity index (χ0n) is 56.6. The second kappa shape index (κ2) is 25.5. The van der Waals surface area contributed by atoms with Gasteiger partial charge < -0.3 is 19.3 Å². The topological polar surface area (TPSA) is 14.7 Å². The summed E-state index contributed by atoms with van der Waals surface area (Å²) in [6.07, 6.45) is 0. The van der Waals surface area contributed by atoms with Crippen LogP contribution in [-0.4, -0.2) is 4.57 Å². The van der Waals surface area contributed by atoms with Crippen molar-refractivity contribution < 1.29 is 0 Å². The van der Waals surface area contributed by atoms with E-state index in [-0.39, 0.29) is 10.8 Å². The van der Waals surface area contributed by atoms with Gasteiger partial charge in [-0.25, -0.2) is 0 Å². The zero-order valence-corrected chi connectivity index (χ0v) is 56.6. The Labute approximate surface area is 586 Å². The Bertz CT molecular complexity index is 5590. The van der Waals surface area contributed by atoms with E-state index in [1.54, 1.807) is 0 Å². The summed E-state index contributed by atoms with van der Waals surface area (Å²) in [5.74, 6) is 0. The lowest BCUT2D eigenvalue weighted by Crippen LogP contribution is -2.16. The van der Waals surface area contributed by atoms with Gasteiger partial charge in [0.15, 0.2) is 0 Å². The Morgan fingerprint density at radius 2 is 0.510 bits per heavy atom. The Balaban J connectivity index is 0.000000151. The molecule has 0 N–H and O–H groups in total. The minimum absolute atomic E-state index is 0.0591. The molecule has 4 heteroatoms. The molecule has 100 heavy (non-hydrogen) atoms. The van der Waals surface area contributed by atoms with Gasteiger partial charge in [-0.05, 0) is 217 Å². The first-order valence-electron chi connectivity index (χ1n) is 34.7. The van der Waals surface area contributed by atoms with E-state index in [1.165, 1.54) is 111 Å². The smallest absolute Gasteiger partial charge is 0.0541 e. The summed E-state index contributed by atoms with van der Waals surface area (Å²) in [5.41, 5.74) is 31.7. The number of hydrogen-bond donors (Lipinski definition) is 0. The number of aromatic nitrogens is 1. The molecule has 16 aromatic rings. The molecule has 0 aliphatic heterocycles. The minimum atomic E-state index is -0.0912. The van der Waals surface area contributed by atoms with Crippen molar-refractivity contribution in [2.24, 2.45) is 0 Å². The molecular weight excluding hydrogens is 1210 g/mol. The normalized spacial score (nSPS) is 12.8. The van der Waals surface area contributed by atoms with E-state index in [9.17, 15) is 0 Å². The molecule has 0 bridgehead atoms. The SMILES string of the molecule is CC1(C)c2ccccc2-c2ccc(N(c3ccc(-c4ccc(N(c5ccccc5)c5ccccc5)cc4)cc3)c3cccc(-c4ccccc4)c3)cc21.CC1(C)c2ccccc2-c2ccc(N(c3ccccc3)c3ccc(-c4ccc5c(c4)c4ccccc4n5-c4ccccc4)cc3)cc21. The van der Waals surface area contributed by atoms with Gasteiger partial charge in [0, 0.05) is 78.5 Å². The summed E-state index contributed by atoms with van der Waals surface area (Å²) < 4.78 is 2.37. The maximum absolute atomic E-state index is 2.41. The summed E-state index contributed by atoms with van der Waals surface area (Å²) in [6, 6.07) is 136. The maximum Gasteiger partial charge on any atom is 0.0541 e. The molecule has 0 fully saturated rings. The molecule has 15 aromatic carbocycles. The van der Waals surface area contributed by atoms with Gasteiger partial charge in [0.2, 0.25) is 0 Å². The molecule has 4 nitrogen and oxygen atoms in total. The Morgan fingerprint density at radius 1 is 0.200 bits per heavy atom. The van der Waals surface area contributed by atoms with Crippen LogP contribution in [0.3, 0.4) is 0 Å².